The van der Waals surface area contributed by atoms with Crippen LogP contribution >= 0.6 is 11.3 Å². The number of aryl methyl sites for hydroxylation is 3. The molecule has 0 saturated carbocycles. The standard InChI is InChI=1S/C18H21N5OS/c1-12-20-13(2)23(22-12)10-9-19-17(24)11-16-18(21-14(3)25-16)15-7-5-4-6-8-15/h4-8H,9-11H2,1-3H3,(H,19,24). The van der Waals surface area contributed by atoms with Gasteiger partial charge in [0.05, 0.1) is 23.7 Å². The number of hydrogen-bond acceptors (Lipinski definition) is 5. The molecule has 0 fully saturated rings. The third-order valence-electron chi connectivity index (χ3n) is 3.78. The average molecular weight is 355 g/mol. The molecule has 0 aliphatic heterocycles. The first-order valence-electron chi connectivity index (χ1n) is 8.19. The highest BCUT2D eigenvalue weighted by molar-refractivity contribution is 7.12. The predicted molar refractivity (Wildman–Crippen MR) is 98.5 cm³/mol. The Labute approximate surface area is 150 Å². The normalized spacial score (nSPS) is 10.8. The van der Waals surface area contributed by atoms with E-state index in [2.05, 4.69) is 20.4 Å². The summed E-state index contributed by atoms with van der Waals surface area (Å²) in [5.41, 5.74) is 1.95. The molecule has 1 N–H and O–H groups in total. The monoisotopic (exact) mass is 355 g/mol. The van der Waals surface area contributed by atoms with Crippen LogP contribution in [-0.2, 0) is 17.8 Å². The summed E-state index contributed by atoms with van der Waals surface area (Å²) in [7, 11) is 0. The Morgan fingerprint density at radius 1 is 1.16 bits per heavy atom. The van der Waals surface area contributed by atoms with Crippen molar-refractivity contribution in [2.75, 3.05) is 6.54 Å². The Morgan fingerprint density at radius 2 is 1.92 bits per heavy atom. The summed E-state index contributed by atoms with van der Waals surface area (Å²) in [6.45, 7) is 6.88. The van der Waals surface area contributed by atoms with E-state index in [0.717, 1.165) is 32.8 Å². The number of benzene rings is 1. The second-order valence-corrected chi connectivity index (χ2v) is 7.11. The maximum absolute atomic E-state index is 12.3. The van der Waals surface area contributed by atoms with Crippen molar-refractivity contribution >= 4 is 17.2 Å². The lowest BCUT2D eigenvalue weighted by molar-refractivity contribution is -0.120. The Kier molecular flexibility index (Phi) is 5.23. The summed E-state index contributed by atoms with van der Waals surface area (Å²) in [5, 5.41) is 8.22. The molecule has 2 aromatic heterocycles. The van der Waals surface area contributed by atoms with Crippen molar-refractivity contribution in [2.45, 2.75) is 33.7 Å². The molecule has 130 valence electrons. The molecule has 2 heterocycles. The van der Waals surface area contributed by atoms with Crippen LogP contribution < -0.4 is 5.32 Å². The number of hydrogen-bond donors (Lipinski definition) is 1. The Morgan fingerprint density at radius 3 is 2.60 bits per heavy atom. The van der Waals surface area contributed by atoms with Gasteiger partial charge in [0.1, 0.15) is 11.6 Å². The van der Waals surface area contributed by atoms with Crippen molar-refractivity contribution in [1.29, 1.82) is 0 Å². The number of aromatic nitrogens is 4. The first kappa shape index (κ1) is 17.3. The van der Waals surface area contributed by atoms with E-state index in [1.165, 1.54) is 0 Å². The predicted octanol–water partition coefficient (Wildman–Crippen LogP) is 2.69. The van der Waals surface area contributed by atoms with Crippen LogP contribution in [0.5, 0.6) is 0 Å². The molecular weight excluding hydrogens is 334 g/mol. The summed E-state index contributed by atoms with van der Waals surface area (Å²) < 4.78 is 1.81. The first-order valence-corrected chi connectivity index (χ1v) is 9.01. The van der Waals surface area contributed by atoms with Gasteiger partial charge in [0.25, 0.3) is 0 Å². The van der Waals surface area contributed by atoms with Crippen molar-refractivity contribution in [1.82, 2.24) is 25.1 Å². The quantitative estimate of drug-likeness (QED) is 0.738. The van der Waals surface area contributed by atoms with Gasteiger partial charge in [-0.2, -0.15) is 5.10 Å². The smallest absolute Gasteiger partial charge is 0.225 e. The summed E-state index contributed by atoms with van der Waals surface area (Å²) >= 11 is 1.57. The van der Waals surface area contributed by atoms with Crippen LogP contribution in [0.4, 0.5) is 0 Å². The number of nitrogens with zero attached hydrogens (tertiary/aromatic N) is 4. The van der Waals surface area contributed by atoms with Crippen molar-refractivity contribution in [3.05, 3.63) is 51.9 Å². The molecule has 0 spiro atoms. The Balaban J connectivity index is 1.61. The lowest BCUT2D eigenvalue weighted by Gasteiger charge is -2.06. The molecule has 7 heteroatoms. The number of carbonyl (C=O) groups is 1. The second-order valence-electron chi connectivity index (χ2n) is 5.83. The minimum atomic E-state index is -0.00433. The fourth-order valence-electron chi connectivity index (χ4n) is 2.69. The van der Waals surface area contributed by atoms with Crippen LogP contribution in [0, 0.1) is 20.8 Å². The number of rotatable bonds is 6. The van der Waals surface area contributed by atoms with Gasteiger partial charge >= 0.3 is 0 Å². The van der Waals surface area contributed by atoms with E-state index < -0.39 is 0 Å². The number of thiazole rings is 1. The summed E-state index contributed by atoms with van der Waals surface area (Å²) in [5.74, 6) is 1.60. The van der Waals surface area contributed by atoms with Gasteiger partial charge in [0.15, 0.2) is 0 Å². The van der Waals surface area contributed by atoms with Gasteiger partial charge in [-0.15, -0.1) is 11.3 Å². The van der Waals surface area contributed by atoms with Crippen LogP contribution in [0.1, 0.15) is 21.5 Å². The topological polar surface area (TPSA) is 72.7 Å². The molecule has 0 aliphatic carbocycles. The third kappa shape index (κ3) is 4.30. The van der Waals surface area contributed by atoms with Crippen molar-refractivity contribution in [2.24, 2.45) is 0 Å². The molecular formula is C18H21N5OS. The first-order chi connectivity index (χ1) is 12.0. The fourth-order valence-corrected chi connectivity index (χ4v) is 3.65. The van der Waals surface area contributed by atoms with E-state index in [1.807, 2.05) is 55.8 Å². The molecule has 3 rings (SSSR count). The van der Waals surface area contributed by atoms with Crippen molar-refractivity contribution in [3.63, 3.8) is 0 Å². The van der Waals surface area contributed by atoms with Crippen LogP contribution in [0.2, 0.25) is 0 Å². The summed E-state index contributed by atoms with van der Waals surface area (Å²) in [4.78, 5) is 22.2. The molecule has 1 aromatic carbocycles. The summed E-state index contributed by atoms with van der Waals surface area (Å²) in [6, 6.07) is 9.98. The molecule has 0 aliphatic rings. The third-order valence-corrected chi connectivity index (χ3v) is 4.75. The molecule has 0 bridgehead atoms. The number of nitrogens with one attached hydrogen (secondary N) is 1. The molecule has 3 aromatic rings. The molecule has 6 nitrogen and oxygen atoms in total. The molecule has 0 atom stereocenters. The van der Waals surface area contributed by atoms with Gasteiger partial charge in [-0.3, -0.25) is 4.79 Å². The van der Waals surface area contributed by atoms with E-state index in [-0.39, 0.29) is 5.91 Å². The molecule has 0 unspecified atom stereocenters. The number of amides is 1. The largest absolute Gasteiger partial charge is 0.354 e. The van der Waals surface area contributed by atoms with E-state index in [1.54, 1.807) is 11.3 Å². The van der Waals surface area contributed by atoms with Crippen LogP contribution in [-0.4, -0.2) is 32.2 Å². The maximum Gasteiger partial charge on any atom is 0.225 e. The van der Waals surface area contributed by atoms with Crippen molar-refractivity contribution < 1.29 is 4.79 Å². The van der Waals surface area contributed by atoms with Gasteiger partial charge in [0.2, 0.25) is 5.91 Å². The maximum atomic E-state index is 12.3. The van der Waals surface area contributed by atoms with E-state index in [4.69, 9.17) is 0 Å². The molecule has 25 heavy (non-hydrogen) atoms. The SMILES string of the molecule is Cc1nc(C)n(CCNC(=O)Cc2sc(C)nc2-c2ccccc2)n1. The highest BCUT2D eigenvalue weighted by Crippen LogP contribution is 2.28. The van der Waals surface area contributed by atoms with Crippen LogP contribution in [0.25, 0.3) is 11.3 Å². The summed E-state index contributed by atoms with van der Waals surface area (Å²) in [6.07, 6.45) is 0.338. The Bertz CT molecular complexity index is 869. The van der Waals surface area contributed by atoms with Crippen molar-refractivity contribution in [3.8, 4) is 11.3 Å². The minimum absolute atomic E-state index is 0.00433. The molecule has 0 radical (unpaired) electrons. The fraction of sp³-hybridized carbons (Fsp3) is 0.333. The van der Waals surface area contributed by atoms with Gasteiger partial charge in [-0.05, 0) is 20.8 Å². The lowest BCUT2D eigenvalue weighted by atomic mass is 10.1. The zero-order valence-corrected chi connectivity index (χ0v) is 15.4. The Hall–Kier alpha value is -2.54. The highest BCUT2D eigenvalue weighted by atomic mass is 32.1. The van der Waals surface area contributed by atoms with Crippen LogP contribution in [0.15, 0.2) is 30.3 Å². The minimum Gasteiger partial charge on any atom is -0.354 e. The van der Waals surface area contributed by atoms with E-state index in [9.17, 15) is 4.79 Å². The number of carbonyl (C=O) groups excluding carboxylic acids is 1. The zero-order chi connectivity index (χ0) is 17.8. The average Bonchev–Trinajstić information content (AvgIpc) is 3.10. The highest BCUT2D eigenvalue weighted by Gasteiger charge is 2.14. The van der Waals surface area contributed by atoms with Gasteiger partial charge in [-0.1, -0.05) is 30.3 Å². The second kappa shape index (κ2) is 7.57. The van der Waals surface area contributed by atoms with Gasteiger partial charge in [0, 0.05) is 17.0 Å². The van der Waals surface area contributed by atoms with E-state index >= 15 is 0 Å². The van der Waals surface area contributed by atoms with Gasteiger partial charge < -0.3 is 5.32 Å². The van der Waals surface area contributed by atoms with E-state index in [0.29, 0.717) is 19.5 Å². The lowest BCUT2D eigenvalue weighted by Crippen LogP contribution is -2.29. The zero-order valence-electron chi connectivity index (χ0n) is 14.6. The molecule has 1 amide bonds. The molecule has 0 saturated heterocycles. The van der Waals surface area contributed by atoms with Gasteiger partial charge in [-0.25, -0.2) is 14.6 Å². The van der Waals surface area contributed by atoms with Crippen LogP contribution in [0.3, 0.4) is 0 Å².